The van der Waals surface area contributed by atoms with Gasteiger partial charge >= 0.3 is 6.61 Å². The summed E-state index contributed by atoms with van der Waals surface area (Å²) in [5.74, 6) is 0.104. The molecule has 0 radical (unpaired) electrons. The molecule has 0 spiro atoms. The zero-order chi connectivity index (χ0) is 18.8. The molecular weight excluding hydrogens is 342 g/mol. The molecule has 7 heteroatoms. The van der Waals surface area contributed by atoms with E-state index in [0.717, 1.165) is 18.4 Å². The monoisotopic (exact) mass is 370 g/mol. The van der Waals surface area contributed by atoms with E-state index in [1.807, 2.05) is 0 Å². The minimum atomic E-state index is -2.91. The van der Waals surface area contributed by atoms with Gasteiger partial charge in [-0.15, -0.1) is 0 Å². The molecule has 0 heterocycles. The van der Waals surface area contributed by atoms with Gasteiger partial charge in [-0.25, -0.2) is 0 Å². The Morgan fingerprint density at radius 1 is 1.15 bits per heavy atom. The molecule has 2 rings (SSSR count). The number of rotatable bonds is 8. The number of halogens is 2. The average molecular weight is 370 g/mol. The van der Waals surface area contributed by atoms with Crippen molar-refractivity contribution < 1.29 is 23.0 Å². The first-order valence-corrected chi connectivity index (χ1v) is 9.20. The van der Waals surface area contributed by atoms with Crippen LogP contribution in [0.5, 0.6) is 11.5 Å². The van der Waals surface area contributed by atoms with Gasteiger partial charge in [0, 0.05) is 12.6 Å². The van der Waals surface area contributed by atoms with E-state index in [2.05, 4.69) is 15.4 Å². The van der Waals surface area contributed by atoms with Crippen LogP contribution in [0.15, 0.2) is 18.2 Å². The van der Waals surface area contributed by atoms with Crippen LogP contribution < -0.4 is 20.1 Å². The second-order valence-corrected chi connectivity index (χ2v) is 6.56. The molecule has 0 saturated heterocycles. The van der Waals surface area contributed by atoms with Gasteiger partial charge in [0.1, 0.15) is 0 Å². The van der Waals surface area contributed by atoms with Crippen LogP contribution in [0.25, 0.3) is 0 Å². The van der Waals surface area contributed by atoms with E-state index < -0.39 is 6.61 Å². The highest BCUT2D eigenvalue weighted by Gasteiger charge is 2.13. The Balaban J connectivity index is 1.77. The molecule has 1 amide bonds. The zero-order valence-electron chi connectivity index (χ0n) is 15.2. The first-order valence-electron chi connectivity index (χ1n) is 9.20. The number of hydrogen-bond acceptors (Lipinski definition) is 4. The number of carbonyl (C=O) groups is 1. The van der Waals surface area contributed by atoms with Crippen molar-refractivity contribution >= 4 is 5.91 Å². The summed E-state index contributed by atoms with van der Waals surface area (Å²) in [7, 11) is 1.38. The van der Waals surface area contributed by atoms with Crippen LogP contribution in [-0.4, -0.2) is 32.2 Å². The Labute approximate surface area is 153 Å². The topological polar surface area (TPSA) is 59.6 Å². The van der Waals surface area contributed by atoms with Gasteiger partial charge in [0.15, 0.2) is 11.5 Å². The molecular formula is C19H28F2N2O3. The normalized spacial score (nSPS) is 16.0. The summed E-state index contributed by atoms with van der Waals surface area (Å²) in [6.45, 7) is -2.32. The lowest BCUT2D eigenvalue weighted by Crippen LogP contribution is -2.39. The highest BCUT2D eigenvalue weighted by atomic mass is 19.3. The van der Waals surface area contributed by atoms with Crippen LogP contribution in [-0.2, 0) is 11.3 Å². The summed E-state index contributed by atoms with van der Waals surface area (Å²) in [4.78, 5) is 12.1. The quantitative estimate of drug-likeness (QED) is 0.734. The highest BCUT2D eigenvalue weighted by molar-refractivity contribution is 5.78. The van der Waals surface area contributed by atoms with Gasteiger partial charge in [-0.3, -0.25) is 4.79 Å². The van der Waals surface area contributed by atoms with Gasteiger partial charge in [-0.05, 0) is 30.5 Å². The lowest BCUT2D eigenvalue weighted by atomic mass is 9.97. The number of nitrogens with one attached hydrogen (secondary N) is 2. The fourth-order valence-corrected chi connectivity index (χ4v) is 3.18. The Bertz CT molecular complexity index is 562. The molecule has 1 aliphatic rings. The molecule has 0 unspecified atom stereocenters. The minimum absolute atomic E-state index is 0.0245. The first kappa shape index (κ1) is 20.4. The Morgan fingerprint density at radius 2 is 1.85 bits per heavy atom. The maximum absolute atomic E-state index is 12.3. The molecule has 0 bridgehead atoms. The van der Waals surface area contributed by atoms with Crippen molar-refractivity contribution in [3.8, 4) is 11.5 Å². The van der Waals surface area contributed by atoms with Crippen LogP contribution in [0, 0.1) is 0 Å². The largest absolute Gasteiger partial charge is 0.493 e. The van der Waals surface area contributed by atoms with E-state index in [0.29, 0.717) is 12.6 Å². The summed E-state index contributed by atoms with van der Waals surface area (Å²) < 4.78 is 34.1. The van der Waals surface area contributed by atoms with Gasteiger partial charge in [0.05, 0.1) is 13.7 Å². The van der Waals surface area contributed by atoms with Crippen LogP contribution in [0.2, 0.25) is 0 Å². The predicted octanol–water partition coefficient (Wildman–Crippen LogP) is 3.62. The fourth-order valence-electron chi connectivity index (χ4n) is 3.18. The molecule has 146 valence electrons. The number of ether oxygens (including phenoxy) is 2. The molecule has 26 heavy (non-hydrogen) atoms. The number of carbonyl (C=O) groups excluding carboxylic acids is 1. The van der Waals surface area contributed by atoms with Crippen LogP contribution in [0.1, 0.15) is 50.5 Å². The number of alkyl halides is 2. The smallest absolute Gasteiger partial charge is 0.387 e. The molecule has 1 saturated carbocycles. The summed E-state index contributed by atoms with van der Waals surface area (Å²) >= 11 is 0. The second-order valence-electron chi connectivity index (χ2n) is 6.56. The van der Waals surface area contributed by atoms with E-state index in [4.69, 9.17) is 4.74 Å². The molecule has 5 nitrogen and oxygen atoms in total. The van der Waals surface area contributed by atoms with Crippen molar-refractivity contribution in [2.45, 2.75) is 64.1 Å². The van der Waals surface area contributed by atoms with Crippen molar-refractivity contribution in [2.75, 3.05) is 13.7 Å². The summed E-state index contributed by atoms with van der Waals surface area (Å²) in [6, 6.07) is 5.04. The minimum Gasteiger partial charge on any atom is -0.493 e. The molecule has 1 aromatic rings. The standard InChI is InChI=1S/C19H28F2N2O3/c1-25-17-11-14(9-10-16(17)26-19(20)21)12-23-18(24)13-22-15-7-5-3-2-4-6-8-15/h9-11,15,19,22H,2-8,12-13H2,1H3,(H,23,24). The van der Waals surface area contributed by atoms with Gasteiger partial charge in [-0.2, -0.15) is 8.78 Å². The Kier molecular flexibility index (Phi) is 8.61. The van der Waals surface area contributed by atoms with Crippen molar-refractivity contribution in [3.05, 3.63) is 23.8 Å². The third-order valence-corrected chi connectivity index (χ3v) is 4.59. The fraction of sp³-hybridized carbons (Fsp3) is 0.632. The van der Waals surface area contributed by atoms with Crippen LogP contribution in [0.4, 0.5) is 8.78 Å². The van der Waals surface area contributed by atoms with Crippen LogP contribution >= 0.6 is 0 Å². The van der Waals surface area contributed by atoms with E-state index in [1.54, 1.807) is 12.1 Å². The zero-order valence-corrected chi connectivity index (χ0v) is 15.2. The summed E-state index contributed by atoms with van der Waals surface area (Å²) in [5, 5.41) is 6.17. The van der Waals surface area contributed by atoms with Gasteiger partial charge < -0.3 is 20.1 Å². The van der Waals surface area contributed by atoms with Gasteiger partial charge in [-0.1, -0.05) is 38.2 Å². The predicted molar refractivity (Wildman–Crippen MR) is 95.6 cm³/mol. The molecule has 0 aromatic heterocycles. The van der Waals surface area contributed by atoms with Crippen molar-refractivity contribution in [2.24, 2.45) is 0 Å². The maximum atomic E-state index is 12.3. The highest BCUT2D eigenvalue weighted by Crippen LogP contribution is 2.29. The number of benzene rings is 1. The summed E-state index contributed by atoms with van der Waals surface area (Å²) in [5.41, 5.74) is 0.753. The lowest BCUT2D eigenvalue weighted by molar-refractivity contribution is -0.120. The van der Waals surface area contributed by atoms with Crippen molar-refractivity contribution in [3.63, 3.8) is 0 Å². The molecule has 2 N–H and O–H groups in total. The first-order chi connectivity index (χ1) is 12.6. The summed E-state index contributed by atoms with van der Waals surface area (Å²) in [6.07, 6.45) is 8.54. The maximum Gasteiger partial charge on any atom is 0.387 e. The molecule has 1 aromatic carbocycles. The second kappa shape index (κ2) is 11.0. The molecule has 1 fully saturated rings. The number of hydrogen-bond donors (Lipinski definition) is 2. The van der Waals surface area contributed by atoms with Crippen molar-refractivity contribution in [1.29, 1.82) is 0 Å². The number of amides is 1. The number of methoxy groups -OCH3 is 1. The Hall–Kier alpha value is -1.89. The average Bonchev–Trinajstić information content (AvgIpc) is 2.59. The van der Waals surface area contributed by atoms with Gasteiger partial charge in [0.2, 0.25) is 5.91 Å². The molecule has 1 aliphatic carbocycles. The third kappa shape index (κ3) is 7.15. The molecule has 0 atom stereocenters. The van der Waals surface area contributed by atoms with E-state index in [-0.39, 0.29) is 24.0 Å². The van der Waals surface area contributed by atoms with Crippen molar-refractivity contribution in [1.82, 2.24) is 10.6 Å². The van der Waals surface area contributed by atoms with E-state index >= 15 is 0 Å². The van der Waals surface area contributed by atoms with E-state index in [1.165, 1.54) is 45.3 Å². The lowest BCUT2D eigenvalue weighted by Gasteiger charge is -2.20. The SMILES string of the molecule is COc1cc(CNC(=O)CNC2CCCCCCC2)ccc1OC(F)F. The van der Waals surface area contributed by atoms with Gasteiger partial charge in [0.25, 0.3) is 0 Å². The van der Waals surface area contributed by atoms with E-state index in [9.17, 15) is 13.6 Å². The van der Waals surface area contributed by atoms with Crippen LogP contribution in [0.3, 0.4) is 0 Å². The third-order valence-electron chi connectivity index (χ3n) is 4.59. The molecule has 0 aliphatic heterocycles. The Morgan fingerprint density at radius 3 is 2.50 bits per heavy atom.